The predicted molar refractivity (Wildman–Crippen MR) is 62.6 cm³/mol. The summed E-state index contributed by atoms with van der Waals surface area (Å²) in [5.41, 5.74) is 1.00. The van der Waals surface area contributed by atoms with Gasteiger partial charge >= 0.3 is 0 Å². The van der Waals surface area contributed by atoms with Crippen molar-refractivity contribution in [2.45, 2.75) is 18.9 Å². The lowest BCUT2D eigenvalue weighted by Gasteiger charge is -2.26. The van der Waals surface area contributed by atoms with Gasteiger partial charge in [-0.1, -0.05) is 28.1 Å². The van der Waals surface area contributed by atoms with Crippen molar-refractivity contribution in [2.75, 3.05) is 13.2 Å². The minimum Gasteiger partial charge on any atom is -0.388 e. The molecule has 0 bridgehead atoms. The van der Waals surface area contributed by atoms with E-state index in [1.54, 1.807) is 0 Å². The highest BCUT2D eigenvalue weighted by Gasteiger charge is 2.23. The van der Waals surface area contributed by atoms with Crippen molar-refractivity contribution in [2.24, 2.45) is 5.92 Å². The van der Waals surface area contributed by atoms with Gasteiger partial charge in [0.1, 0.15) is 0 Å². The van der Waals surface area contributed by atoms with Crippen molar-refractivity contribution in [3.8, 4) is 0 Å². The first-order valence-corrected chi connectivity index (χ1v) is 6.08. The molecule has 15 heavy (non-hydrogen) atoms. The number of hydrogen-bond acceptors (Lipinski definition) is 2. The first-order valence-electron chi connectivity index (χ1n) is 5.28. The SMILES string of the molecule is O[C@H](c1ccc(Br)cc1)C1CCOCC1. The summed E-state index contributed by atoms with van der Waals surface area (Å²) in [6.45, 7) is 1.55. The van der Waals surface area contributed by atoms with E-state index in [2.05, 4.69) is 15.9 Å². The van der Waals surface area contributed by atoms with Gasteiger partial charge in [0.15, 0.2) is 0 Å². The van der Waals surface area contributed by atoms with Crippen LogP contribution in [0.1, 0.15) is 24.5 Å². The van der Waals surface area contributed by atoms with E-state index >= 15 is 0 Å². The van der Waals surface area contributed by atoms with Crippen LogP contribution < -0.4 is 0 Å². The highest BCUT2D eigenvalue weighted by molar-refractivity contribution is 9.10. The zero-order valence-corrected chi connectivity index (χ0v) is 10.1. The standard InChI is InChI=1S/C12H15BrO2/c13-11-3-1-9(2-4-11)12(14)10-5-7-15-8-6-10/h1-4,10,12,14H,5-8H2/t12-/m1/s1. The van der Waals surface area contributed by atoms with E-state index in [0.717, 1.165) is 36.1 Å². The second kappa shape index (κ2) is 5.10. The normalized spacial score (nSPS) is 20.1. The molecule has 1 aliphatic heterocycles. The van der Waals surface area contributed by atoms with Gasteiger partial charge in [0.05, 0.1) is 6.10 Å². The molecule has 0 spiro atoms. The van der Waals surface area contributed by atoms with Gasteiger partial charge in [0, 0.05) is 17.7 Å². The molecule has 0 amide bonds. The molecule has 1 aromatic rings. The molecule has 1 aliphatic rings. The lowest BCUT2D eigenvalue weighted by Crippen LogP contribution is -2.21. The van der Waals surface area contributed by atoms with Crippen LogP contribution in [-0.4, -0.2) is 18.3 Å². The Bertz CT molecular complexity index is 304. The molecule has 2 nitrogen and oxygen atoms in total. The maximum atomic E-state index is 10.2. The Morgan fingerprint density at radius 2 is 1.80 bits per heavy atom. The van der Waals surface area contributed by atoms with Crippen molar-refractivity contribution in [3.63, 3.8) is 0 Å². The van der Waals surface area contributed by atoms with E-state index in [0.29, 0.717) is 5.92 Å². The smallest absolute Gasteiger partial charge is 0.0819 e. The van der Waals surface area contributed by atoms with E-state index in [-0.39, 0.29) is 6.10 Å². The Labute approximate surface area is 98.4 Å². The van der Waals surface area contributed by atoms with E-state index in [1.807, 2.05) is 24.3 Å². The number of halogens is 1. The van der Waals surface area contributed by atoms with Gasteiger partial charge < -0.3 is 9.84 Å². The van der Waals surface area contributed by atoms with Gasteiger partial charge in [-0.3, -0.25) is 0 Å². The zero-order chi connectivity index (χ0) is 10.7. The van der Waals surface area contributed by atoms with Gasteiger partial charge in [-0.25, -0.2) is 0 Å². The van der Waals surface area contributed by atoms with Crippen LogP contribution in [0.5, 0.6) is 0 Å². The molecule has 0 radical (unpaired) electrons. The fourth-order valence-corrected chi connectivity index (χ4v) is 2.23. The molecule has 3 heteroatoms. The summed E-state index contributed by atoms with van der Waals surface area (Å²) in [7, 11) is 0. The van der Waals surface area contributed by atoms with Crippen LogP contribution in [-0.2, 0) is 4.74 Å². The fraction of sp³-hybridized carbons (Fsp3) is 0.500. The van der Waals surface area contributed by atoms with Crippen molar-refractivity contribution in [1.82, 2.24) is 0 Å². The molecule has 1 atom stereocenters. The van der Waals surface area contributed by atoms with E-state index in [9.17, 15) is 5.11 Å². The van der Waals surface area contributed by atoms with Gasteiger partial charge in [0.25, 0.3) is 0 Å². The average molecular weight is 271 g/mol. The zero-order valence-electron chi connectivity index (χ0n) is 8.53. The predicted octanol–water partition coefficient (Wildman–Crippen LogP) is 2.91. The van der Waals surface area contributed by atoms with Gasteiger partial charge in [0.2, 0.25) is 0 Å². The molecule has 82 valence electrons. The second-order valence-corrected chi connectivity index (χ2v) is 4.86. The highest BCUT2D eigenvalue weighted by atomic mass is 79.9. The van der Waals surface area contributed by atoms with Gasteiger partial charge in [-0.2, -0.15) is 0 Å². The number of aliphatic hydroxyl groups excluding tert-OH is 1. The molecular weight excluding hydrogens is 256 g/mol. The van der Waals surface area contributed by atoms with Crippen molar-refractivity contribution in [3.05, 3.63) is 34.3 Å². The Kier molecular flexibility index (Phi) is 3.78. The summed E-state index contributed by atoms with van der Waals surface area (Å²) >= 11 is 3.39. The quantitative estimate of drug-likeness (QED) is 0.896. The Morgan fingerprint density at radius 3 is 2.40 bits per heavy atom. The van der Waals surface area contributed by atoms with Crippen LogP contribution in [0.15, 0.2) is 28.7 Å². The molecule has 1 N–H and O–H groups in total. The Morgan fingerprint density at radius 1 is 1.20 bits per heavy atom. The van der Waals surface area contributed by atoms with E-state index < -0.39 is 0 Å². The van der Waals surface area contributed by atoms with Crippen LogP contribution in [0.3, 0.4) is 0 Å². The molecule has 1 aromatic carbocycles. The molecule has 1 heterocycles. The lowest BCUT2D eigenvalue weighted by atomic mass is 9.89. The molecular formula is C12H15BrO2. The monoisotopic (exact) mass is 270 g/mol. The van der Waals surface area contributed by atoms with Crippen molar-refractivity contribution in [1.29, 1.82) is 0 Å². The summed E-state index contributed by atoms with van der Waals surface area (Å²) in [5, 5.41) is 10.2. The van der Waals surface area contributed by atoms with Crippen LogP contribution in [0, 0.1) is 5.92 Å². The van der Waals surface area contributed by atoms with Gasteiger partial charge in [-0.15, -0.1) is 0 Å². The third kappa shape index (κ3) is 2.80. The van der Waals surface area contributed by atoms with Crippen molar-refractivity contribution >= 4 is 15.9 Å². The summed E-state index contributed by atoms with van der Waals surface area (Å²) in [5.74, 6) is 0.347. The maximum absolute atomic E-state index is 10.2. The van der Waals surface area contributed by atoms with Crippen LogP contribution in [0.2, 0.25) is 0 Å². The average Bonchev–Trinajstić information content (AvgIpc) is 2.30. The minimum absolute atomic E-state index is 0.345. The molecule has 1 fully saturated rings. The summed E-state index contributed by atoms with van der Waals surface area (Å²) in [6.07, 6.45) is 1.57. The Hall–Kier alpha value is -0.380. The molecule has 2 rings (SSSR count). The number of ether oxygens (including phenoxy) is 1. The topological polar surface area (TPSA) is 29.5 Å². The summed E-state index contributed by atoms with van der Waals surface area (Å²) < 4.78 is 6.33. The first kappa shape index (κ1) is 11.1. The third-order valence-corrected chi connectivity index (χ3v) is 3.45. The Balaban J connectivity index is 2.05. The molecule has 1 saturated heterocycles. The van der Waals surface area contributed by atoms with Crippen LogP contribution in [0.4, 0.5) is 0 Å². The van der Waals surface area contributed by atoms with Crippen molar-refractivity contribution < 1.29 is 9.84 Å². The minimum atomic E-state index is -0.345. The van der Waals surface area contributed by atoms with E-state index in [1.165, 1.54) is 0 Å². The molecule has 0 aliphatic carbocycles. The fourth-order valence-electron chi connectivity index (χ4n) is 1.96. The number of benzene rings is 1. The number of hydrogen-bond donors (Lipinski definition) is 1. The summed E-state index contributed by atoms with van der Waals surface area (Å²) in [6, 6.07) is 7.89. The largest absolute Gasteiger partial charge is 0.388 e. The van der Waals surface area contributed by atoms with Crippen LogP contribution >= 0.6 is 15.9 Å². The lowest BCUT2D eigenvalue weighted by molar-refractivity contribution is 0.00718. The molecule has 0 saturated carbocycles. The van der Waals surface area contributed by atoms with E-state index in [4.69, 9.17) is 4.74 Å². The molecule has 0 aromatic heterocycles. The summed E-state index contributed by atoms with van der Waals surface area (Å²) in [4.78, 5) is 0. The first-order chi connectivity index (χ1) is 7.27. The maximum Gasteiger partial charge on any atom is 0.0819 e. The second-order valence-electron chi connectivity index (χ2n) is 3.95. The number of rotatable bonds is 2. The number of aliphatic hydroxyl groups is 1. The highest BCUT2D eigenvalue weighted by Crippen LogP contribution is 2.30. The van der Waals surface area contributed by atoms with Gasteiger partial charge in [-0.05, 0) is 36.5 Å². The third-order valence-electron chi connectivity index (χ3n) is 2.92. The van der Waals surface area contributed by atoms with Crippen LogP contribution in [0.25, 0.3) is 0 Å². The molecule has 0 unspecified atom stereocenters.